The van der Waals surface area contributed by atoms with Gasteiger partial charge in [-0.15, -0.1) is 0 Å². The Hall–Kier alpha value is -2.31. The Morgan fingerprint density at radius 3 is 2.65 bits per heavy atom. The molecule has 0 aromatic heterocycles. The van der Waals surface area contributed by atoms with E-state index in [-0.39, 0.29) is 5.69 Å². The van der Waals surface area contributed by atoms with Crippen LogP contribution in [0.1, 0.15) is 5.56 Å². The largest absolute Gasteiger partial charge is 0.457 e. The van der Waals surface area contributed by atoms with E-state index in [0.717, 1.165) is 5.56 Å². The van der Waals surface area contributed by atoms with E-state index in [0.29, 0.717) is 22.2 Å². The molecular formula is C13H12ClN3O3. The van der Waals surface area contributed by atoms with Crippen molar-refractivity contribution in [2.75, 3.05) is 5.43 Å². The van der Waals surface area contributed by atoms with E-state index >= 15 is 0 Å². The van der Waals surface area contributed by atoms with Crippen molar-refractivity contribution < 1.29 is 9.66 Å². The maximum atomic E-state index is 10.8. The minimum absolute atomic E-state index is 0.109. The Bertz CT molecular complexity index is 661. The number of anilines is 1. The minimum Gasteiger partial charge on any atom is -0.457 e. The highest BCUT2D eigenvalue weighted by molar-refractivity contribution is 6.30. The Morgan fingerprint density at radius 2 is 2.05 bits per heavy atom. The van der Waals surface area contributed by atoms with Crippen LogP contribution in [0.15, 0.2) is 36.4 Å². The van der Waals surface area contributed by atoms with Crippen LogP contribution >= 0.6 is 11.6 Å². The molecule has 0 bridgehead atoms. The maximum absolute atomic E-state index is 10.8. The lowest BCUT2D eigenvalue weighted by Gasteiger charge is -2.10. The summed E-state index contributed by atoms with van der Waals surface area (Å²) in [6.07, 6.45) is 0. The van der Waals surface area contributed by atoms with Crippen LogP contribution in [-0.2, 0) is 0 Å². The summed E-state index contributed by atoms with van der Waals surface area (Å²) in [5.41, 5.74) is 3.47. The number of nitro benzene ring substituents is 1. The average molecular weight is 294 g/mol. The van der Waals surface area contributed by atoms with Crippen molar-refractivity contribution in [1.82, 2.24) is 0 Å². The number of hydrogen-bond acceptors (Lipinski definition) is 5. The Balaban J connectivity index is 2.37. The molecule has 2 aromatic rings. The van der Waals surface area contributed by atoms with E-state index in [9.17, 15) is 10.1 Å². The summed E-state index contributed by atoms with van der Waals surface area (Å²) < 4.78 is 5.64. The standard InChI is InChI=1S/C13H12ClN3O3/c1-8-4-9(14)2-3-13(8)20-12-6-10(16-15)5-11(7-12)17(18)19/h2-7,16H,15H2,1H3. The number of aryl methyl sites for hydroxylation is 1. The molecular weight excluding hydrogens is 282 g/mol. The number of halogens is 1. The van der Waals surface area contributed by atoms with Crippen molar-refractivity contribution in [3.8, 4) is 11.5 Å². The van der Waals surface area contributed by atoms with E-state index in [1.807, 2.05) is 6.92 Å². The number of nitrogens with two attached hydrogens (primary N) is 1. The molecule has 0 unspecified atom stereocenters. The minimum atomic E-state index is -0.511. The van der Waals surface area contributed by atoms with Crippen LogP contribution in [0, 0.1) is 17.0 Å². The first-order valence-corrected chi connectivity index (χ1v) is 6.07. The first-order valence-electron chi connectivity index (χ1n) is 5.69. The van der Waals surface area contributed by atoms with Gasteiger partial charge >= 0.3 is 0 Å². The molecule has 0 radical (unpaired) electrons. The molecule has 20 heavy (non-hydrogen) atoms. The molecule has 0 atom stereocenters. The molecule has 104 valence electrons. The fraction of sp³-hybridized carbons (Fsp3) is 0.0769. The highest BCUT2D eigenvalue weighted by Crippen LogP contribution is 2.31. The Kier molecular flexibility index (Phi) is 4.07. The van der Waals surface area contributed by atoms with Crippen LogP contribution in [0.25, 0.3) is 0 Å². The number of nitro groups is 1. The van der Waals surface area contributed by atoms with Gasteiger partial charge in [-0.2, -0.15) is 0 Å². The summed E-state index contributed by atoms with van der Waals surface area (Å²) in [7, 11) is 0. The summed E-state index contributed by atoms with van der Waals surface area (Å²) in [6.45, 7) is 1.83. The molecule has 0 heterocycles. The quantitative estimate of drug-likeness (QED) is 0.510. The van der Waals surface area contributed by atoms with Gasteiger partial charge in [0.1, 0.15) is 11.5 Å². The van der Waals surface area contributed by atoms with Crippen molar-refractivity contribution >= 4 is 23.0 Å². The molecule has 2 rings (SSSR count). The molecule has 3 N–H and O–H groups in total. The number of nitrogen functional groups attached to an aromatic ring is 1. The van der Waals surface area contributed by atoms with Crippen LogP contribution in [0.5, 0.6) is 11.5 Å². The third kappa shape index (κ3) is 3.17. The zero-order chi connectivity index (χ0) is 14.7. The fourth-order valence-electron chi connectivity index (χ4n) is 1.69. The normalized spacial score (nSPS) is 10.2. The zero-order valence-corrected chi connectivity index (χ0v) is 11.3. The van der Waals surface area contributed by atoms with Gasteiger partial charge in [0.25, 0.3) is 5.69 Å². The smallest absolute Gasteiger partial charge is 0.275 e. The van der Waals surface area contributed by atoms with Crippen molar-refractivity contribution in [1.29, 1.82) is 0 Å². The molecule has 2 aromatic carbocycles. The number of non-ortho nitro benzene ring substituents is 1. The molecule has 0 aliphatic heterocycles. The Morgan fingerprint density at radius 1 is 1.30 bits per heavy atom. The molecule has 0 saturated carbocycles. The van der Waals surface area contributed by atoms with E-state index < -0.39 is 4.92 Å². The molecule has 7 heteroatoms. The fourth-order valence-corrected chi connectivity index (χ4v) is 1.91. The topological polar surface area (TPSA) is 90.4 Å². The zero-order valence-electron chi connectivity index (χ0n) is 10.6. The second-order valence-corrected chi connectivity index (χ2v) is 4.57. The van der Waals surface area contributed by atoms with Gasteiger partial charge in [0.2, 0.25) is 0 Å². The third-order valence-corrected chi connectivity index (χ3v) is 2.87. The molecule has 0 spiro atoms. The number of hydrogen-bond donors (Lipinski definition) is 2. The molecule has 0 amide bonds. The lowest BCUT2D eigenvalue weighted by Crippen LogP contribution is -2.07. The average Bonchev–Trinajstić information content (AvgIpc) is 2.41. The van der Waals surface area contributed by atoms with Crippen LogP contribution in [0.3, 0.4) is 0 Å². The lowest BCUT2D eigenvalue weighted by molar-refractivity contribution is -0.384. The number of rotatable bonds is 4. The molecule has 6 nitrogen and oxygen atoms in total. The van der Waals surface area contributed by atoms with E-state index in [2.05, 4.69) is 5.43 Å². The maximum Gasteiger partial charge on any atom is 0.275 e. The SMILES string of the molecule is Cc1cc(Cl)ccc1Oc1cc(NN)cc([N+](=O)[O-])c1. The van der Waals surface area contributed by atoms with Gasteiger partial charge in [-0.1, -0.05) is 11.6 Å². The second kappa shape index (κ2) is 5.77. The Labute approximate surface area is 120 Å². The molecule has 0 saturated heterocycles. The first-order chi connectivity index (χ1) is 9.49. The molecule has 0 fully saturated rings. The number of hydrazine groups is 1. The highest BCUT2D eigenvalue weighted by Gasteiger charge is 2.11. The summed E-state index contributed by atoms with van der Waals surface area (Å²) in [4.78, 5) is 10.3. The van der Waals surface area contributed by atoms with E-state index in [1.54, 1.807) is 24.3 Å². The van der Waals surface area contributed by atoms with Crippen LogP contribution in [0.2, 0.25) is 5.02 Å². The van der Waals surface area contributed by atoms with Gasteiger partial charge in [-0.3, -0.25) is 16.0 Å². The van der Waals surface area contributed by atoms with Crippen LogP contribution in [0.4, 0.5) is 11.4 Å². The van der Waals surface area contributed by atoms with Gasteiger partial charge in [-0.25, -0.2) is 0 Å². The number of benzene rings is 2. The molecule has 0 aliphatic carbocycles. The summed E-state index contributed by atoms with van der Waals surface area (Å²) in [6, 6.07) is 9.35. The second-order valence-electron chi connectivity index (χ2n) is 4.13. The van der Waals surface area contributed by atoms with Crippen molar-refractivity contribution in [3.63, 3.8) is 0 Å². The van der Waals surface area contributed by atoms with Gasteiger partial charge < -0.3 is 10.2 Å². The van der Waals surface area contributed by atoms with Gasteiger partial charge in [0, 0.05) is 17.2 Å². The molecule has 0 aliphatic rings. The summed E-state index contributed by atoms with van der Waals surface area (Å²) >= 11 is 5.86. The predicted molar refractivity (Wildman–Crippen MR) is 77.2 cm³/mol. The van der Waals surface area contributed by atoms with E-state index in [4.69, 9.17) is 22.2 Å². The van der Waals surface area contributed by atoms with Gasteiger partial charge in [0.15, 0.2) is 0 Å². The summed E-state index contributed by atoms with van der Waals surface area (Å²) in [5, 5.41) is 11.4. The van der Waals surface area contributed by atoms with Gasteiger partial charge in [0.05, 0.1) is 16.7 Å². The van der Waals surface area contributed by atoms with Crippen LogP contribution in [-0.4, -0.2) is 4.92 Å². The number of nitrogens with one attached hydrogen (secondary N) is 1. The van der Waals surface area contributed by atoms with Crippen molar-refractivity contribution in [2.45, 2.75) is 6.92 Å². The third-order valence-electron chi connectivity index (χ3n) is 2.63. The van der Waals surface area contributed by atoms with Crippen molar-refractivity contribution in [2.24, 2.45) is 5.84 Å². The predicted octanol–water partition coefficient (Wildman–Crippen LogP) is 3.63. The number of nitrogens with zero attached hydrogens (tertiary/aromatic N) is 1. The van der Waals surface area contributed by atoms with Crippen molar-refractivity contribution in [3.05, 3.63) is 57.1 Å². The highest BCUT2D eigenvalue weighted by atomic mass is 35.5. The summed E-state index contributed by atoms with van der Waals surface area (Å²) in [5.74, 6) is 6.17. The van der Waals surface area contributed by atoms with E-state index in [1.165, 1.54) is 12.1 Å². The number of ether oxygens (including phenoxy) is 1. The first kappa shape index (κ1) is 14.1. The van der Waals surface area contributed by atoms with Gasteiger partial charge in [-0.05, 0) is 30.7 Å². The lowest BCUT2D eigenvalue weighted by atomic mass is 10.2. The van der Waals surface area contributed by atoms with Crippen LogP contribution < -0.4 is 16.0 Å². The monoisotopic (exact) mass is 293 g/mol.